The molecule has 0 atom stereocenters. The summed E-state index contributed by atoms with van der Waals surface area (Å²) in [5.74, 6) is 0.745. The normalized spacial score (nSPS) is 10.9. The molecule has 0 spiro atoms. The number of aryl methyl sites for hydroxylation is 1. The summed E-state index contributed by atoms with van der Waals surface area (Å²) < 4.78 is 3.88. The van der Waals surface area contributed by atoms with Crippen molar-refractivity contribution in [3.8, 4) is 0 Å². The first-order valence-electron chi connectivity index (χ1n) is 5.93. The number of aromatic nitrogens is 5. The third-order valence-electron chi connectivity index (χ3n) is 2.85. The summed E-state index contributed by atoms with van der Waals surface area (Å²) >= 11 is 0. The van der Waals surface area contributed by atoms with E-state index in [0.29, 0.717) is 6.54 Å². The number of fused-ring (bicyclic) bond motifs is 1. The van der Waals surface area contributed by atoms with Crippen molar-refractivity contribution < 1.29 is 0 Å². The highest BCUT2D eigenvalue weighted by Crippen LogP contribution is 2.09. The van der Waals surface area contributed by atoms with Gasteiger partial charge in [0.2, 0.25) is 5.95 Å². The van der Waals surface area contributed by atoms with Gasteiger partial charge in [0.25, 0.3) is 0 Å². The van der Waals surface area contributed by atoms with Gasteiger partial charge in [-0.3, -0.25) is 9.08 Å². The van der Waals surface area contributed by atoms with Crippen LogP contribution < -0.4 is 5.32 Å². The van der Waals surface area contributed by atoms with Gasteiger partial charge in [-0.2, -0.15) is 5.10 Å². The van der Waals surface area contributed by atoms with E-state index in [-0.39, 0.29) is 0 Å². The molecule has 92 valence electrons. The fraction of sp³-hybridized carbons (Fsp3) is 0.250. The van der Waals surface area contributed by atoms with Gasteiger partial charge in [-0.15, -0.1) is 10.2 Å². The lowest BCUT2D eigenvalue weighted by atomic mass is 10.4. The minimum absolute atomic E-state index is 0.684. The van der Waals surface area contributed by atoms with Crippen molar-refractivity contribution >= 4 is 11.6 Å². The standard InChI is InChI=1S/C12H14N6/c1-2-18-10(6-7-14-18)9-13-12-16-15-11-5-3-4-8-17(11)12/h3-8H,2,9H2,1H3,(H,13,16). The van der Waals surface area contributed by atoms with Crippen molar-refractivity contribution in [2.75, 3.05) is 5.32 Å². The summed E-state index contributed by atoms with van der Waals surface area (Å²) in [5, 5.41) is 15.7. The van der Waals surface area contributed by atoms with Gasteiger partial charge in [0.05, 0.1) is 12.2 Å². The zero-order chi connectivity index (χ0) is 12.4. The van der Waals surface area contributed by atoms with E-state index >= 15 is 0 Å². The van der Waals surface area contributed by atoms with Crippen LogP contribution in [0.5, 0.6) is 0 Å². The van der Waals surface area contributed by atoms with Gasteiger partial charge in [-0.1, -0.05) is 6.07 Å². The number of rotatable bonds is 4. The average molecular weight is 242 g/mol. The van der Waals surface area contributed by atoms with Crippen LogP contribution in [-0.4, -0.2) is 24.4 Å². The molecule has 0 saturated carbocycles. The Labute approximate surface area is 104 Å². The maximum Gasteiger partial charge on any atom is 0.229 e. The van der Waals surface area contributed by atoms with Crippen molar-refractivity contribution in [2.24, 2.45) is 0 Å². The predicted octanol–water partition coefficient (Wildman–Crippen LogP) is 1.56. The predicted molar refractivity (Wildman–Crippen MR) is 68.2 cm³/mol. The van der Waals surface area contributed by atoms with Gasteiger partial charge in [0.1, 0.15) is 0 Å². The molecule has 3 aromatic heterocycles. The molecular weight excluding hydrogens is 228 g/mol. The molecule has 18 heavy (non-hydrogen) atoms. The second kappa shape index (κ2) is 4.48. The van der Waals surface area contributed by atoms with E-state index in [1.807, 2.05) is 45.7 Å². The Morgan fingerprint density at radius 3 is 3.06 bits per heavy atom. The van der Waals surface area contributed by atoms with Crippen molar-refractivity contribution in [3.05, 3.63) is 42.4 Å². The van der Waals surface area contributed by atoms with E-state index in [4.69, 9.17) is 0 Å². The molecule has 0 aliphatic rings. The van der Waals surface area contributed by atoms with Crippen LogP contribution in [-0.2, 0) is 13.1 Å². The van der Waals surface area contributed by atoms with Crippen LogP contribution in [0.4, 0.5) is 5.95 Å². The maximum atomic E-state index is 4.23. The van der Waals surface area contributed by atoms with Crippen LogP contribution in [0.25, 0.3) is 5.65 Å². The summed E-state index contributed by atoms with van der Waals surface area (Å²) in [4.78, 5) is 0. The van der Waals surface area contributed by atoms with E-state index in [2.05, 4.69) is 27.5 Å². The van der Waals surface area contributed by atoms with Crippen LogP contribution in [0, 0.1) is 0 Å². The number of hydrogen-bond acceptors (Lipinski definition) is 4. The highest BCUT2D eigenvalue weighted by molar-refractivity contribution is 5.44. The lowest BCUT2D eigenvalue weighted by Gasteiger charge is -2.06. The van der Waals surface area contributed by atoms with Gasteiger partial charge in [-0.05, 0) is 25.1 Å². The van der Waals surface area contributed by atoms with Crippen LogP contribution in [0.3, 0.4) is 0 Å². The average Bonchev–Trinajstić information content (AvgIpc) is 3.02. The lowest BCUT2D eigenvalue weighted by Crippen LogP contribution is -2.09. The fourth-order valence-electron chi connectivity index (χ4n) is 1.93. The van der Waals surface area contributed by atoms with Crippen LogP contribution in [0.1, 0.15) is 12.6 Å². The SMILES string of the molecule is CCn1nccc1CNc1nnc2ccccn12. The van der Waals surface area contributed by atoms with Gasteiger partial charge in [0.15, 0.2) is 5.65 Å². The first-order valence-corrected chi connectivity index (χ1v) is 5.93. The number of anilines is 1. The molecule has 0 saturated heterocycles. The largest absolute Gasteiger partial charge is 0.348 e. The van der Waals surface area contributed by atoms with E-state index < -0.39 is 0 Å². The van der Waals surface area contributed by atoms with E-state index in [9.17, 15) is 0 Å². The van der Waals surface area contributed by atoms with E-state index in [1.165, 1.54) is 0 Å². The first-order chi connectivity index (χ1) is 8.88. The summed E-state index contributed by atoms with van der Waals surface area (Å²) in [6.07, 6.45) is 3.75. The Morgan fingerprint density at radius 1 is 1.22 bits per heavy atom. The monoisotopic (exact) mass is 242 g/mol. The van der Waals surface area contributed by atoms with Gasteiger partial charge >= 0.3 is 0 Å². The minimum atomic E-state index is 0.684. The molecule has 3 rings (SSSR count). The van der Waals surface area contributed by atoms with Gasteiger partial charge in [-0.25, -0.2) is 0 Å². The molecule has 0 amide bonds. The number of pyridine rings is 1. The molecule has 0 aromatic carbocycles. The number of nitrogens with one attached hydrogen (secondary N) is 1. The second-order valence-corrected chi connectivity index (χ2v) is 3.94. The van der Waals surface area contributed by atoms with Crippen LogP contribution in [0.2, 0.25) is 0 Å². The Balaban J connectivity index is 1.81. The smallest absolute Gasteiger partial charge is 0.229 e. The molecule has 6 nitrogen and oxygen atoms in total. The first kappa shape index (κ1) is 10.8. The summed E-state index contributed by atoms with van der Waals surface area (Å²) in [6, 6.07) is 7.83. The summed E-state index contributed by atoms with van der Waals surface area (Å²) in [5.41, 5.74) is 1.97. The van der Waals surface area contributed by atoms with Crippen molar-refractivity contribution in [1.29, 1.82) is 0 Å². The summed E-state index contributed by atoms with van der Waals surface area (Å²) in [6.45, 7) is 3.62. The van der Waals surface area contributed by atoms with E-state index in [0.717, 1.165) is 23.8 Å². The molecule has 0 aliphatic heterocycles. The van der Waals surface area contributed by atoms with Crippen molar-refractivity contribution in [1.82, 2.24) is 24.4 Å². The van der Waals surface area contributed by atoms with E-state index in [1.54, 1.807) is 0 Å². The topological polar surface area (TPSA) is 60.0 Å². The maximum absolute atomic E-state index is 4.23. The Hall–Kier alpha value is -2.37. The molecule has 1 N–H and O–H groups in total. The second-order valence-electron chi connectivity index (χ2n) is 3.94. The third-order valence-corrected chi connectivity index (χ3v) is 2.85. The molecule has 0 fully saturated rings. The zero-order valence-corrected chi connectivity index (χ0v) is 10.1. The molecule has 0 radical (unpaired) electrons. The van der Waals surface area contributed by atoms with Crippen LogP contribution in [0.15, 0.2) is 36.7 Å². The summed E-state index contributed by atoms with van der Waals surface area (Å²) in [7, 11) is 0. The van der Waals surface area contributed by atoms with Gasteiger partial charge < -0.3 is 5.32 Å². The molecule has 0 bridgehead atoms. The molecule has 6 heteroatoms. The van der Waals surface area contributed by atoms with Crippen molar-refractivity contribution in [2.45, 2.75) is 20.0 Å². The highest BCUT2D eigenvalue weighted by Gasteiger charge is 2.05. The number of nitrogens with zero attached hydrogens (tertiary/aromatic N) is 5. The highest BCUT2D eigenvalue weighted by atomic mass is 15.3. The molecule has 0 aliphatic carbocycles. The molecular formula is C12H14N6. The number of hydrogen-bond donors (Lipinski definition) is 1. The quantitative estimate of drug-likeness (QED) is 0.754. The third kappa shape index (κ3) is 1.81. The zero-order valence-electron chi connectivity index (χ0n) is 10.1. The lowest BCUT2D eigenvalue weighted by molar-refractivity contribution is 0.627. The molecule has 3 heterocycles. The fourth-order valence-corrected chi connectivity index (χ4v) is 1.93. The molecule has 3 aromatic rings. The Bertz CT molecular complexity index is 653. The van der Waals surface area contributed by atoms with Crippen molar-refractivity contribution in [3.63, 3.8) is 0 Å². The molecule has 0 unspecified atom stereocenters. The van der Waals surface area contributed by atoms with Gasteiger partial charge in [0, 0.05) is 18.9 Å². The van der Waals surface area contributed by atoms with Crippen LogP contribution >= 0.6 is 0 Å². The Kier molecular flexibility index (Phi) is 2.68. The minimum Gasteiger partial charge on any atom is -0.348 e. The Morgan fingerprint density at radius 2 is 2.17 bits per heavy atom.